The molecule has 0 saturated carbocycles. The van der Waals surface area contributed by atoms with Crippen molar-refractivity contribution in [2.45, 2.75) is 19.3 Å². The standard InChI is InChI=1S/C24H27N5O/c30-24(21-9-8-19-6-2-3-7-20(19)16-21)29-14-12-28(13-15-29)23-17-22(25-18-26-23)27-10-4-1-5-11-27/h2-3,6-9,16-18H,1,4-5,10-15H2. The van der Waals surface area contributed by atoms with Gasteiger partial charge in [-0.05, 0) is 42.2 Å². The maximum atomic E-state index is 13.0. The summed E-state index contributed by atoms with van der Waals surface area (Å²) < 4.78 is 0. The van der Waals surface area contributed by atoms with Gasteiger partial charge in [-0.2, -0.15) is 0 Å². The van der Waals surface area contributed by atoms with E-state index in [0.29, 0.717) is 13.1 Å². The first kappa shape index (κ1) is 18.9. The normalized spacial score (nSPS) is 17.4. The van der Waals surface area contributed by atoms with E-state index < -0.39 is 0 Å². The number of hydrogen-bond acceptors (Lipinski definition) is 5. The van der Waals surface area contributed by atoms with Crippen LogP contribution in [0.4, 0.5) is 11.6 Å². The monoisotopic (exact) mass is 401 g/mol. The van der Waals surface area contributed by atoms with Crippen molar-refractivity contribution >= 4 is 28.3 Å². The molecule has 2 aromatic carbocycles. The van der Waals surface area contributed by atoms with Gasteiger partial charge in [-0.15, -0.1) is 0 Å². The number of aromatic nitrogens is 2. The molecule has 6 nitrogen and oxygen atoms in total. The zero-order valence-electron chi connectivity index (χ0n) is 17.2. The second-order valence-electron chi connectivity index (χ2n) is 8.12. The highest BCUT2D eigenvalue weighted by Crippen LogP contribution is 2.23. The molecule has 3 heterocycles. The molecule has 6 heteroatoms. The maximum absolute atomic E-state index is 13.0. The first-order chi connectivity index (χ1) is 14.8. The van der Waals surface area contributed by atoms with Crippen LogP contribution in [0.25, 0.3) is 10.8 Å². The third kappa shape index (κ3) is 3.82. The number of rotatable bonds is 3. The molecule has 0 unspecified atom stereocenters. The van der Waals surface area contributed by atoms with Gasteiger partial charge >= 0.3 is 0 Å². The molecule has 0 atom stereocenters. The average Bonchev–Trinajstić information content (AvgIpc) is 2.84. The highest BCUT2D eigenvalue weighted by molar-refractivity contribution is 5.98. The summed E-state index contributed by atoms with van der Waals surface area (Å²) in [5.74, 6) is 2.09. The number of fused-ring (bicyclic) bond motifs is 1. The summed E-state index contributed by atoms with van der Waals surface area (Å²) in [6.07, 6.45) is 5.44. The third-order valence-electron chi connectivity index (χ3n) is 6.21. The van der Waals surface area contributed by atoms with Crippen LogP contribution in [-0.2, 0) is 0 Å². The van der Waals surface area contributed by atoms with E-state index >= 15 is 0 Å². The fourth-order valence-corrected chi connectivity index (χ4v) is 4.45. The molecule has 0 aliphatic carbocycles. The minimum Gasteiger partial charge on any atom is -0.356 e. The maximum Gasteiger partial charge on any atom is 0.253 e. The van der Waals surface area contributed by atoms with Gasteiger partial charge in [0.2, 0.25) is 0 Å². The third-order valence-corrected chi connectivity index (χ3v) is 6.21. The first-order valence-corrected chi connectivity index (χ1v) is 10.9. The first-order valence-electron chi connectivity index (χ1n) is 10.9. The molecule has 1 aromatic heterocycles. The summed E-state index contributed by atoms with van der Waals surface area (Å²) in [5.41, 5.74) is 0.761. The molecule has 0 spiro atoms. The van der Waals surface area contributed by atoms with Gasteiger partial charge in [0.25, 0.3) is 5.91 Å². The van der Waals surface area contributed by atoms with Gasteiger partial charge in [-0.1, -0.05) is 30.3 Å². The highest BCUT2D eigenvalue weighted by Gasteiger charge is 2.24. The topological polar surface area (TPSA) is 52.6 Å². The molecule has 154 valence electrons. The smallest absolute Gasteiger partial charge is 0.253 e. The Morgan fingerprint density at radius 3 is 2.10 bits per heavy atom. The van der Waals surface area contributed by atoms with Crippen LogP contribution in [0.15, 0.2) is 54.9 Å². The molecule has 1 amide bonds. The van der Waals surface area contributed by atoms with Crippen LogP contribution >= 0.6 is 0 Å². The summed E-state index contributed by atoms with van der Waals surface area (Å²) >= 11 is 0. The van der Waals surface area contributed by atoms with Crippen molar-refractivity contribution in [1.82, 2.24) is 14.9 Å². The van der Waals surface area contributed by atoms with E-state index in [9.17, 15) is 4.79 Å². The molecule has 2 saturated heterocycles. The molecular weight excluding hydrogens is 374 g/mol. The molecule has 30 heavy (non-hydrogen) atoms. The van der Waals surface area contributed by atoms with Crippen LogP contribution < -0.4 is 9.80 Å². The van der Waals surface area contributed by atoms with Crippen LogP contribution in [0, 0.1) is 0 Å². The van der Waals surface area contributed by atoms with Crippen molar-refractivity contribution < 1.29 is 4.79 Å². The van der Waals surface area contributed by atoms with Gasteiger partial charge in [-0.25, -0.2) is 9.97 Å². The zero-order valence-corrected chi connectivity index (χ0v) is 17.2. The summed E-state index contributed by atoms with van der Waals surface area (Å²) in [6, 6.07) is 16.2. The Bertz CT molecular complexity index is 1040. The Balaban J connectivity index is 1.25. The number of anilines is 2. The van der Waals surface area contributed by atoms with Crippen LogP contribution in [0.1, 0.15) is 29.6 Å². The molecule has 2 aliphatic rings. The number of hydrogen-bond donors (Lipinski definition) is 0. The number of carbonyl (C=O) groups is 1. The number of nitrogens with zero attached hydrogens (tertiary/aromatic N) is 5. The van der Waals surface area contributed by atoms with Crippen molar-refractivity contribution in [2.75, 3.05) is 49.1 Å². The Hall–Kier alpha value is -3.15. The lowest BCUT2D eigenvalue weighted by atomic mass is 10.1. The van der Waals surface area contributed by atoms with Crippen molar-refractivity contribution in [2.24, 2.45) is 0 Å². The number of carbonyl (C=O) groups excluding carboxylic acids is 1. The fourth-order valence-electron chi connectivity index (χ4n) is 4.45. The molecule has 0 bridgehead atoms. The fraction of sp³-hybridized carbons (Fsp3) is 0.375. The van der Waals surface area contributed by atoms with E-state index in [0.717, 1.165) is 54.2 Å². The lowest BCUT2D eigenvalue weighted by molar-refractivity contribution is 0.0746. The molecular formula is C24H27N5O. The number of benzene rings is 2. The van der Waals surface area contributed by atoms with Crippen LogP contribution in [0.2, 0.25) is 0 Å². The lowest BCUT2D eigenvalue weighted by Gasteiger charge is -2.36. The lowest BCUT2D eigenvalue weighted by Crippen LogP contribution is -2.49. The summed E-state index contributed by atoms with van der Waals surface area (Å²) in [6.45, 7) is 5.13. The van der Waals surface area contributed by atoms with E-state index in [1.807, 2.05) is 35.2 Å². The minimum absolute atomic E-state index is 0.108. The molecule has 5 rings (SSSR count). The Morgan fingerprint density at radius 2 is 1.37 bits per heavy atom. The van der Waals surface area contributed by atoms with E-state index in [4.69, 9.17) is 0 Å². The predicted molar refractivity (Wildman–Crippen MR) is 120 cm³/mol. The summed E-state index contributed by atoms with van der Waals surface area (Å²) in [5, 5.41) is 2.26. The number of piperazine rings is 1. The van der Waals surface area contributed by atoms with Crippen molar-refractivity contribution in [1.29, 1.82) is 0 Å². The van der Waals surface area contributed by atoms with Crippen molar-refractivity contribution in [3.05, 3.63) is 60.4 Å². The van der Waals surface area contributed by atoms with Crippen molar-refractivity contribution in [3.63, 3.8) is 0 Å². The highest BCUT2D eigenvalue weighted by atomic mass is 16.2. The Morgan fingerprint density at radius 1 is 0.700 bits per heavy atom. The van der Waals surface area contributed by atoms with E-state index in [1.54, 1.807) is 6.33 Å². The van der Waals surface area contributed by atoms with E-state index in [-0.39, 0.29) is 5.91 Å². The van der Waals surface area contributed by atoms with Crippen molar-refractivity contribution in [3.8, 4) is 0 Å². The average molecular weight is 402 g/mol. The molecule has 2 aliphatic heterocycles. The Labute approximate surface area is 177 Å². The number of piperidine rings is 1. The molecule has 3 aromatic rings. The largest absolute Gasteiger partial charge is 0.356 e. The van der Waals surface area contributed by atoms with Crippen LogP contribution in [0.3, 0.4) is 0 Å². The van der Waals surface area contributed by atoms with Gasteiger partial charge in [-0.3, -0.25) is 4.79 Å². The summed E-state index contributed by atoms with van der Waals surface area (Å²) in [4.78, 5) is 28.6. The van der Waals surface area contributed by atoms with Crippen LogP contribution in [-0.4, -0.2) is 60.0 Å². The molecule has 2 fully saturated rings. The van der Waals surface area contributed by atoms with Gasteiger partial charge in [0.1, 0.15) is 18.0 Å². The van der Waals surface area contributed by atoms with Gasteiger partial charge in [0, 0.05) is 50.9 Å². The van der Waals surface area contributed by atoms with Gasteiger partial charge < -0.3 is 14.7 Å². The molecule has 0 N–H and O–H groups in total. The second-order valence-corrected chi connectivity index (χ2v) is 8.12. The number of amides is 1. The van der Waals surface area contributed by atoms with Gasteiger partial charge in [0.05, 0.1) is 0 Å². The van der Waals surface area contributed by atoms with E-state index in [2.05, 4.69) is 38.0 Å². The summed E-state index contributed by atoms with van der Waals surface area (Å²) in [7, 11) is 0. The molecule has 0 radical (unpaired) electrons. The van der Waals surface area contributed by atoms with Gasteiger partial charge in [0.15, 0.2) is 0 Å². The quantitative estimate of drug-likeness (QED) is 0.671. The van der Waals surface area contributed by atoms with Crippen LogP contribution in [0.5, 0.6) is 0 Å². The SMILES string of the molecule is O=C(c1ccc2ccccc2c1)N1CCN(c2cc(N3CCCCC3)ncn2)CC1. The van der Waals surface area contributed by atoms with E-state index in [1.165, 1.54) is 19.3 Å². The predicted octanol–water partition coefficient (Wildman–Crippen LogP) is 3.58. The second kappa shape index (κ2) is 8.30. The zero-order chi connectivity index (χ0) is 20.3. The Kier molecular flexibility index (Phi) is 5.22. The minimum atomic E-state index is 0.108.